The van der Waals surface area contributed by atoms with Crippen molar-refractivity contribution < 1.29 is 0 Å². The highest BCUT2D eigenvalue weighted by atomic mass is 14.6. The van der Waals surface area contributed by atoms with Crippen LogP contribution in [0.15, 0.2) is 0 Å². The van der Waals surface area contributed by atoms with Gasteiger partial charge >= 0.3 is 0 Å². The van der Waals surface area contributed by atoms with Crippen LogP contribution in [0.3, 0.4) is 0 Å². The Balaban J connectivity index is 2.47. The molecule has 0 aromatic carbocycles. The van der Waals surface area contributed by atoms with Gasteiger partial charge in [0.1, 0.15) is 0 Å². The lowest BCUT2D eigenvalue weighted by atomic mass is 9.84. The van der Waals surface area contributed by atoms with Gasteiger partial charge in [0, 0.05) is 0 Å². The molecule has 0 amide bonds. The van der Waals surface area contributed by atoms with Crippen molar-refractivity contribution in [2.45, 2.75) is 53.9 Å². The third kappa shape index (κ3) is 1.53. The molecule has 0 aromatic rings. The summed E-state index contributed by atoms with van der Waals surface area (Å²) in [5.74, 6) is 2.90. The zero-order valence-corrected chi connectivity index (χ0v) is 9.35. The predicted molar refractivity (Wildman–Crippen MR) is 55.1 cm³/mol. The quantitative estimate of drug-likeness (QED) is 0.592. The van der Waals surface area contributed by atoms with E-state index in [1.807, 2.05) is 0 Å². The van der Waals surface area contributed by atoms with Gasteiger partial charge in [-0.05, 0) is 29.6 Å². The molecule has 0 N–H and O–H groups in total. The van der Waals surface area contributed by atoms with Crippen molar-refractivity contribution in [1.29, 1.82) is 0 Å². The van der Waals surface area contributed by atoms with Crippen LogP contribution in [-0.4, -0.2) is 0 Å². The van der Waals surface area contributed by atoms with E-state index in [-0.39, 0.29) is 0 Å². The summed E-state index contributed by atoms with van der Waals surface area (Å²) in [5.41, 5.74) is 0.699. The van der Waals surface area contributed by atoms with Gasteiger partial charge in [0.25, 0.3) is 0 Å². The fraction of sp³-hybridized carbons (Fsp3) is 1.00. The Bertz CT molecular complexity index is 150. The summed E-state index contributed by atoms with van der Waals surface area (Å²) < 4.78 is 0. The van der Waals surface area contributed by atoms with Crippen LogP contribution in [0, 0.1) is 23.2 Å². The summed E-state index contributed by atoms with van der Waals surface area (Å²) in [6, 6.07) is 0. The van der Waals surface area contributed by atoms with Crippen molar-refractivity contribution in [3.05, 3.63) is 0 Å². The molecule has 1 aliphatic rings. The molecule has 0 nitrogen and oxygen atoms in total. The summed E-state index contributed by atoms with van der Waals surface area (Å²) in [5, 5.41) is 0. The van der Waals surface area contributed by atoms with Crippen LogP contribution < -0.4 is 0 Å². The number of hydrogen-bond acceptors (Lipinski definition) is 0. The second-order valence-corrected chi connectivity index (χ2v) is 5.01. The fourth-order valence-corrected chi connectivity index (χ4v) is 2.58. The lowest BCUT2D eigenvalue weighted by Crippen LogP contribution is -2.13. The molecule has 0 bridgehead atoms. The Labute approximate surface area is 77.7 Å². The van der Waals surface area contributed by atoms with E-state index in [9.17, 15) is 0 Å². The molecule has 1 saturated carbocycles. The monoisotopic (exact) mass is 168 g/mol. The van der Waals surface area contributed by atoms with E-state index >= 15 is 0 Å². The fourth-order valence-electron chi connectivity index (χ4n) is 2.58. The Morgan fingerprint density at radius 3 is 2.25 bits per heavy atom. The SMILES string of the molecule is CCC(C)C1CC1(C)C(C)CC. The average molecular weight is 168 g/mol. The Morgan fingerprint density at radius 1 is 1.25 bits per heavy atom. The molecule has 4 atom stereocenters. The smallest absolute Gasteiger partial charge is 0.0266 e. The average Bonchev–Trinajstić information content (AvgIpc) is 2.76. The molecular formula is C12H24. The molecule has 1 rings (SSSR count). The summed E-state index contributed by atoms with van der Waals surface area (Å²) in [6.45, 7) is 12.0. The highest BCUT2D eigenvalue weighted by Crippen LogP contribution is 2.61. The largest absolute Gasteiger partial charge is 0.0651 e. The van der Waals surface area contributed by atoms with E-state index in [2.05, 4.69) is 34.6 Å². The molecule has 0 saturated heterocycles. The molecule has 4 unspecified atom stereocenters. The molecule has 0 heterocycles. The van der Waals surface area contributed by atoms with Crippen molar-refractivity contribution in [2.24, 2.45) is 23.2 Å². The first kappa shape index (κ1) is 10.1. The van der Waals surface area contributed by atoms with Crippen LogP contribution in [-0.2, 0) is 0 Å². The normalized spacial score (nSPS) is 39.2. The van der Waals surface area contributed by atoms with Gasteiger partial charge in [-0.25, -0.2) is 0 Å². The van der Waals surface area contributed by atoms with E-state index in [1.165, 1.54) is 19.3 Å². The lowest BCUT2D eigenvalue weighted by Gasteiger charge is -2.21. The first-order valence-electron chi connectivity index (χ1n) is 5.56. The third-order valence-corrected chi connectivity index (χ3v) is 4.42. The minimum absolute atomic E-state index is 0.699. The summed E-state index contributed by atoms with van der Waals surface area (Å²) in [4.78, 5) is 0. The van der Waals surface area contributed by atoms with E-state index in [4.69, 9.17) is 0 Å². The first-order valence-corrected chi connectivity index (χ1v) is 5.56. The molecule has 1 fully saturated rings. The van der Waals surface area contributed by atoms with E-state index in [1.54, 1.807) is 0 Å². The summed E-state index contributed by atoms with van der Waals surface area (Å²) in [7, 11) is 0. The van der Waals surface area contributed by atoms with Gasteiger partial charge in [0.05, 0.1) is 0 Å². The predicted octanol–water partition coefficient (Wildman–Crippen LogP) is 4.10. The minimum atomic E-state index is 0.699. The number of hydrogen-bond donors (Lipinski definition) is 0. The highest BCUT2D eigenvalue weighted by molar-refractivity contribution is 5.03. The van der Waals surface area contributed by atoms with Crippen molar-refractivity contribution in [2.75, 3.05) is 0 Å². The van der Waals surface area contributed by atoms with Gasteiger partial charge in [-0.2, -0.15) is 0 Å². The molecule has 12 heavy (non-hydrogen) atoms. The van der Waals surface area contributed by atoms with Gasteiger partial charge in [0.15, 0.2) is 0 Å². The molecule has 1 aliphatic carbocycles. The zero-order valence-electron chi connectivity index (χ0n) is 9.35. The molecule has 0 aliphatic heterocycles. The number of rotatable bonds is 4. The topological polar surface area (TPSA) is 0 Å². The standard InChI is InChI=1S/C12H24/c1-6-9(3)11-8-12(11,5)10(4)7-2/h9-11H,6-8H2,1-5H3. The Hall–Kier alpha value is 0. The van der Waals surface area contributed by atoms with Crippen LogP contribution in [0.2, 0.25) is 0 Å². The van der Waals surface area contributed by atoms with Crippen LogP contribution in [0.1, 0.15) is 53.9 Å². The zero-order chi connectivity index (χ0) is 9.35. The summed E-state index contributed by atoms with van der Waals surface area (Å²) in [6.07, 6.45) is 4.19. The van der Waals surface area contributed by atoms with E-state index < -0.39 is 0 Å². The molecule has 0 spiro atoms. The molecule has 0 radical (unpaired) electrons. The van der Waals surface area contributed by atoms with Gasteiger partial charge in [-0.3, -0.25) is 0 Å². The maximum Gasteiger partial charge on any atom is -0.0266 e. The maximum atomic E-state index is 2.48. The van der Waals surface area contributed by atoms with Crippen molar-refractivity contribution >= 4 is 0 Å². The van der Waals surface area contributed by atoms with Crippen molar-refractivity contribution in [1.82, 2.24) is 0 Å². The van der Waals surface area contributed by atoms with Crippen molar-refractivity contribution in [3.63, 3.8) is 0 Å². The van der Waals surface area contributed by atoms with Gasteiger partial charge in [-0.15, -0.1) is 0 Å². The van der Waals surface area contributed by atoms with Crippen LogP contribution in [0.25, 0.3) is 0 Å². The third-order valence-electron chi connectivity index (χ3n) is 4.42. The van der Waals surface area contributed by atoms with Crippen LogP contribution in [0.5, 0.6) is 0 Å². The van der Waals surface area contributed by atoms with Gasteiger partial charge in [0.2, 0.25) is 0 Å². The molecule has 72 valence electrons. The highest BCUT2D eigenvalue weighted by Gasteiger charge is 2.54. The van der Waals surface area contributed by atoms with Crippen LogP contribution in [0.4, 0.5) is 0 Å². The van der Waals surface area contributed by atoms with E-state index in [0.717, 1.165) is 17.8 Å². The maximum absolute atomic E-state index is 2.48. The Kier molecular flexibility index (Phi) is 2.85. The van der Waals surface area contributed by atoms with Gasteiger partial charge < -0.3 is 0 Å². The second kappa shape index (κ2) is 3.40. The molecular weight excluding hydrogens is 144 g/mol. The minimum Gasteiger partial charge on any atom is -0.0651 e. The molecule has 0 heteroatoms. The first-order chi connectivity index (χ1) is 5.56. The summed E-state index contributed by atoms with van der Waals surface area (Å²) >= 11 is 0. The second-order valence-electron chi connectivity index (χ2n) is 5.01. The molecule has 0 aromatic heterocycles. The van der Waals surface area contributed by atoms with Crippen molar-refractivity contribution in [3.8, 4) is 0 Å². The van der Waals surface area contributed by atoms with E-state index in [0.29, 0.717) is 5.41 Å². The Morgan fingerprint density at radius 2 is 1.83 bits per heavy atom. The van der Waals surface area contributed by atoms with Gasteiger partial charge in [-0.1, -0.05) is 47.5 Å². The van der Waals surface area contributed by atoms with Crippen LogP contribution >= 0.6 is 0 Å². The lowest BCUT2D eigenvalue weighted by molar-refractivity contribution is 0.284.